The van der Waals surface area contributed by atoms with Crippen LogP contribution in [0.2, 0.25) is 0 Å². The molecule has 4 saturated heterocycles. The van der Waals surface area contributed by atoms with Crippen molar-refractivity contribution in [1.29, 1.82) is 0 Å². The third kappa shape index (κ3) is 2.46. The van der Waals surface area contributed by atoms with Gasteiger partial charge in [-0.05, 0) is 76.4 Å². The lowest BCUT2D eigenvalue weighted by molar-refractivity contribution is 0.0209. The van der Waals surface area contributed by atoms with Crippen LogP contribution < -0.4 is 10.2 Å². The standard InChI is InChI=1S/C18H29N5O/c1-13-20-17(24-21-13)23-11-14-2-3-15(23)10-16(14)22-8-5-18(6-9-22)4-7-19-12-18/h14-16,19H,2-12H2,1H3. The average Bonchev–Trinajstić information content (AvgIpc) is 3.25. The van der Waals surface area contributed by atoms with Gasteiger partial charge < -0.3 is 14.7 Å². The molecule has 6 rings (SSSR count). The molecule has 24 heavy (non-hydrogen) atoms. The smallest absolute Gasteiger partial charge is 0.321 e. The molecule has 3 atom stereocenters. The normalized spacial score (nSPS) is 35.9. The van der Waals surface area contributed by atoms with Crippen LogP contribution in [0, 0.1) is 18.3 Å². The lowest BCUT2D eigenvalue weighted by atomic mass is 9.73. The summed E-state index contributed by atoms with van der Waals surface area (Å²) in [6.45, 7) is 8.08. The van der Waals surface area contributed by atoms with Crippen molar-refractivity contribution in [2.45, 2.75) is 57.5 Å². The topological polar surface area (TPSA) is 57.4 Å². The summed E-state index contributed by atoms with van der Waals surface area (Å²) >= 11 is 0. The van der Waals surface area contributed by atoms with Gasteiger partial charge in [-0.3, -0.25) is 4.90 Å². The maximum absolute atomic E-state index is 5.44. The molecular weight excluding hydrogens is 302 g/mol. The first-order chi connectivity index (χ1) is 11.7. The number of hydrogen-bond acceptors (Lipinski definition) is 6. The van der Waals surface area contributed by atoms with E-state index in [9.17, 15) is 0 Å². The van der Waals surface area contributed by atoms with Gasteiger partial charge in [0, 0.05) is 25.2 Å². The second-order valence-corrected chi connectivity index (χ2v) is 8.53. The number of nitrogens with zero attached hydrogens (tertiary/aromatic N) is 4. The molecular formula is C18H29N5O. The predicted molar refractivity (Wildman–Crippen MR) is 92.0 cm³/mol. The molecule has 1 saturated carbocycles. The van der Waals surface area contributed by atoms with Crippen LogP contribution in [0.4, 0.5) is 6.01 Å². The van der Waals surface area contributed by atoms with E-state index in [-0.39, 0.29) is 0 Å². The number of hydrogen-bond donors (Lipinski definition) is 1. The van der Waals surface area contributed by atoms with Gasteiger partial charge in [-0.15, -0.1) is 0 Å². The Morgan fingerprint density at radius 2 is 2.08 bits per heavy atom. The number of aromatic nitrogens is 2. The Morgan fingerprint density at radius 3 is 2.71 bits per heavy atom. The summed E-state index contributed by atoms with van der Waals surface area (Å²) in [6, 6.07) is 2.11. The lowest BCUT2D eigenvalue weighted by Gasteiger charge is -2.54. The summed E-state index contributed by atoms with van der Waals surface area (Å²) < 4.78 is 5.44. The summed E-state index contributed by atoms with van der Waals surface area (Å²) in [5.41, 5.74) is 0.623. The van der Waals surface area contributed by atoms with Gasteiger partial charge in [-0.2, -0.15) is 4.98 Å². The zero-order valence-corrected chi connectivity index (χ0v) is 14.7. The van der Waals surface area contributed by atoms with E-state index in [1.807, 2.05) is 6.92 Å². The van der Waals surface area contributed by atoms with Crippen molar-refractivity contribution in [3.8, 4) is 0 Å². The molecule has 1 aromatic heterocycles. The maximum Gasteiger partial charge on any atom is 0.324 e. The van der Waals surface area contributed by atoms with Crippen molar-refractivity contribution in [3.63, 3.8) is 0 Å². The highest BCUT2D eigenvalue weighted by Gasteiger charge is 2.46. The van der Waals surface area contributed by atoms with Gasteiger partial charge in [-0.1, -0.05) is 5.16 Å². The summed E-state index contributed by atoms with van der Waals surface area (Å²) in [5, 5.41) is 7.56. The number of piperidine rings is 3. The fraction of sp³-hybridized carbons (Fsp3) is 0.889. The molecule has 1 spiro atoms. The van der Waals surface area contributed by atoms with E-state index in [4.69, 9.17) is 4.52 Å². The molecule has 5 fully saturated rings. The van der Waals surface area contributed by atoms with Crippen LogP contribution in [0.25, 0.3) is 0 Å². The van der Waals surface area contributed by atoms with Gasteiger partial charge in [0.15, 0.2) is 5.82 Å². The number of nitrogens with one attached hydrogen (secondary N) is 1. The van der Waals surface area contributed by atoms with Gasteiger partial charge in [0.05, 0.1) is 0 Å². The Morgan fingerprint density at radius 1 is 1.21 bits per heavy atom. The third-order valence-electron chi connectivity index (χ3n) is 7.22. The second kappa shape index (κ2) is 5.70. The van der Waals surface area contributed by atoms with Crippen LogP contribution in [0.5, 0.6) is 0 Å². The number of likely N-dealkylation sites (tertiary alicyclic amines) is 1. The van der Waals surface area contributed by atoms with E-state index in [2.05, 4.69) is 25.3 Å². The molecule has 6 nitrogen and oxygen atoms in total. The van der Waals surface area contributed by atoms with Gasteiger partial charge in [0.25, 0.3) is 0 Å². The molecule has 0 amide bonds. The van der Waals surface area contributed by atoms with E-state index < -0.39 is 0 Å². The molecule has 0 aromatic carbocycles. The molecule has 3 unspecified atom stereocenters. The van der Waals surface area contributed by atoms with Crippen LogP contribution in [-0.4, -0.2) is 59.8 Å². The molecule has 1 aliphatic carbocycles. The fourth-order valence-electron chi connectivity index (χ4n) is 5.72. The van der Waals surface area contributed by atoms with Crippen LogP contribution in [0.3, 0.4) is 0 Å². The molecule has 2 bridgehead atoms. The largest absolute Gasteiger partial charge is 0.324 e. The molecule has 5 aliphatic rings. The number of fused-ring (bicyclic) bond motifs is 3. The molecule has 1 aromatic rings. The SMILES string of the molecule is Cc1noc(N2CC3CCC2CC3N2CCC3(CCNC3)CC2)n1. The molecule has 1 N–H and O–H groups in total. The Labute approximate surface area is 144 Å². The maximum atomic E-state index is 5.44. The van der Waals surface area contributed by atoms with Crippen molar-refractivity contribution in [2.75, 3.05) is 37.6 Å². The quantitative estimate of drug-likeness (QED) is 0.892. The molecule has 0 radical (unpaired) electrons. The summed E-state index contributed by atoms with van der Waals surface area (Å²) in [7, 11) is 0. The first-order valence-corrected chi connectivity index (χ1v) is 9.74. The van der Waals surface area contributed by atoms with Gasteiger partial charge in [-0.25, -0.2) is 0 Å². The lowest BCUT2D eigenvalue weighted by Crippen LogP contribution is -2.60. The monoisotopic (exact) mass is 331 g/mol. The molecule has 4 aliphatic heterocycles. The summed E-state index contributed by atoms with van der Waals surface area (Å²) in [5.74, 6) is 1.51. The fourth-order valence-corrected chi connectivity index (χ4v) is 5.72. The van der Waals surface area contributed by atoms with Crippen LogP contribution in [-0.2, 0) is 0 Å². The Balaban J connectivity index is 1.25. The highest BCUT2D eigenvalue weighted by Crippen LogP contribution is 2.43. The first-order valence-electron chi connectivity index (χ1n) is 9.74. The van der Waals surface area contributed by atoms with Crippen molar-refractivity contribution in [3.05, 3.63) is 5.82 Å². The molecule has 5 heterocycles. The van der Waals surface area contributed by atoms with Gasteiger partial charge in [0.2, 0.25) is 0 Å². The van der Waals surface area contributed by atoms with E-state index in [1.165, 1.54) is 64.7 Å². The van der Waals surface area contributed by atoms with Crippen molar-refractivity contribution < 1.29 is 4.52 Å². The third-order valence-corrected chi connectivity index (χ3v) is 7.22. The average molecular weight is 331 g/mol. The minimum absolute atomic E-state index is 0.587. The van der Waals surface area contributed by atoms with E-state index in [1.54, 1.807) is 0 Å². The van der Waals surface area contributed by atoms with Crippen molar-refractivity contribution >= 4 is 6.01 Å². The zero-order valence-electron chi connectivity index (χ0n) is 14.7. The highest BCUT2D eigenvalue weighted by molar-refractivity contribution is 5.31. The van der Waals surface area contributed by atoms with Crippen molar-refractivity contribution in [2.24, 2.45) is 11.3 Å². The van der Waals surface area contributed by atoms with Crippen LogP contribution in [0.15, 0.2) is 4.52 Å². The summed E-state index contributed by atoms with van der Waals surface area (Å²) in [6.07, 6.45) is 8.09. The van der Waals surface area contributed by atoms with E-state index in [0.29, 0.717) is 11.5 Å². The van der Waals surface area contributed by atoms with Crippen LogP contribution >= 0.6 is 0 Å². The Hall–Kier alpha value is -1.14. The molecule has 6 heteroatoms. The predicted octanol–water partition coefficient (Wildman–Crippen LogP) is 1.81. The van der Waals surface area contributed by atoms with Crippen LogP contribution in [0.1, 0.15) is 44.3 Å². The van der Waals surface area contributed by atoms with E-state index >= 15 is 0 Å². The summed E-state index contributed by atoms with van der Waals surface area (Å²) in [4.78, 5) is 9.67. The van der Waals surface area contributed by atoms with E-state index in [0.717, 1.165) is 30.3 Å². The number of aryl methyl sites for hydroxylation is 1. The van der Waals surface area contributed by atoms with Crippen molar-refractivity contribution in [1.82, 2.24) is 20.4 Å². The first kappa shape index (κ1) is 15.1. The van der Waals surface area contributed by atoms with Gasteiger partial charge in [0.1, 0.15) is 0 Å². The number of anilines is 1. The number of rotatable bonds is 2. The zero-order chi connectivity index (χ0) is 16.1. The minimum Gasteiger partial charge on any atom is -0.321 e. The minimum atomic E-state index is 0.587. The molecule has 132 valence electrons. The van der Waals surface area contributed by atoms with Gasteiger partial charge >= 0.3 is 6.01 Å². The second-order valence-electron chi connectivity index (χ2n) is 8.53. The Kier molecular flexibility index (Phi) is 3.59. The Bertz CT molecular complexity index is 586. The highest BCUT2D eigenvalue weighted by atomic mass is 16.5.